The van der Waals surface area contributed by atoms with E-state index >= 15 is 0 Å². The van der Waals surface area contributed by atoms with Crippen molar-refractivity contribution < 1.29 is 27.2 Å². The van der Waals surface area contributed by atoms with Gasteiger partial charge in [0, 0.05) is 17.2 Å². The molecule has 0 heterocycles. The van der Waals surface area contributed by atoms with Gasteiger partial charge in [-0.2, -0.15) is 8.42 Å². The first-order chi connectivity index (χ1) is 13.3. The van der Waals surface area contributed by atoms with Gasteiger partial charge in [0.1, 0.15) is 22.1 Å². The van der Waals surface area contributed by atoms with Gasteiger partial charge in [-0.05, 0) is 43.3 Å². The van der Waals surface area contributed by atoms with Crippen molar-refractivity contribution in [1.82, 2.24) is 0 Å². The highest BCUT2D eigenvalue weighted by molar-refractivity contribution is 7.86. The van der Waals surface area contributed by atoms with E-state index in [0.29, 0.717) is 16.9 Å². The number of carbonyl (C=O) groups is 1. The van der Waals surface area contributed by atoms with Gasteiger partial charge >= 0.3 is 0 Å². The quantitative estimate of drug-likeness (QED) is 0.493. The summed E-state index contributed by atoms with van der Waals surface area (Å²) in [5.74, 6) is 0.511. The van der Waals surface area contributed by atoms with Crippen molar-refractivity contribution in [3.63, 3.8) is 0 Å². The third-order valence-electron chi connectivity index (χ3n) is 4.08. The number of ether oxygens (including phenoxy) is 2. The van der Waals surface area contributed by atoms with Crippen LogP contribution < -0.4 is 9.47 Å². The Balaban J connectivity index is 1.81. The van der Waals surface area contributed by atoms with Crippen LogP contribution in [0.4, 0.5) is 0 Å². The predicted molar refractivity (Wildman–Crippen MR) is 104 cm³/mol. The van der Waals surface area contributed by atoms with Crippen LogP contribution in [0.5, 0.6) is 17.2 Å². The Labute approximate surface area is 163 Å². The average Bonchev–Trinajstić information content (AvgIpc) is 2.68. The molecule has 0 saturated carbocycles. The first-order valence-corrected chi connectivity index (χ1v) is 9.77. The molecule has 0 fully saturated rings. The average molecular weight is 398 g/mol. The van der Waals surface area contributed by atoms with Crippen molar-refractivity contribution in [2.75, 3.05) is 7.11 Å². The molecule has 1 N–H and O–H groups in total. The minimum Gasteiger partial charge on any atom is -0.495 e. The Morgan fingerprint density at radius 1 is 0.857 bits per heavy atom. The number of aryl methyl sites for hydroxylation is 1. The summed E-state index contributed by atoms with van der Waals surface area (Å²) in [5.41, 5.74) is 2.17. The van der Waals surface area contributed by atoms with Crippen LogP contribution in [0.3, 0.4) is 0 Å². The minimum atomic E-state index is -4.46. The molecule has 6 nitrogen and oxygen atoms in total. The maximum atomic E-state index is 12.5. The van der Waals surface area contributed by atoms with Crippen molar-refractivity contribution in [3.05, 3.63) is 83.4 Å². The molecular formula is C21H18O6S. The third-order valence-corrected chi connectivity index (χ3v) is 4.95. The SMILES string of the molecule is COc1ccc(Oc2ccc(C(=O)c3ccc(C)cc3)cc2)cc1S(=O)(=O)O. The molecule has 0 atom stereocenters. The van der Waals surface area contributed by atoms with Gasteiger partial charge in [0.25, 0.3) is 10.1 Å². The van der Waals surface area contributed by atoms with E-state index in [1.54, 1.807) is 36.4 Å². The van der Waals surface area contributed by atoms with Crippen LogP contribution in [0, 0.1) is 6.92 Å². The Bertz CT molecular complexity index is 1100. The lowest BCUT2D eigenvalue weighted by atomic mass is 10.0. The zero-order chi connectivity index (χ0) is 20.3. The molecule has 3 rings (SSSR count). The summed E-state index contributed by atoms with van der Waals surface area (Å²) in [7, 11) is -3.16. The summed E-state index contributed by atoms with van der Waals surface area (Å²) in [6, 6.07) is 17.8. The van der Waals surface area contributed by atoms with Crippen LogP contribution in [-0.4, -0.2) is 25.9 Å². The third kappa shape index (κ3) is 4.39. The molecule has 0 amide bonds. The molecule has 0 radical (unpaired) electrons. The van der Waals surface area contributed by atoms with Crippen LogP contribution in [0.1, 0.15) is 21.5 Å². The summed E-state index contributed by atoms with van der Waals surface area (Å²) < 4.78 is 42.8. The molecular weight excluding hydrogens is 380 g/mol. The maximum Gasteiger partial charge on any atom is 0.298 e. The van der Waals surface area contributed by atoms with Crippen molar-refractivity contribution in [2.45, 2.75) is 11.8 Å². The largest absolute Gasteiger partial charge is 0.495 e. The lowest BCUT2D eigenvalue weighted by Crippen LogP contribution is -2.02. The highest BCUT2D eigenvalue weighted by Crippen LogP contribution is 2.31. The van der Waals surface area contributed by atoms with E-state index < -0.39 is 15.0 Å². The molecule has 0 aromatic heterocycles. The first-order valence-electron chi connectivity index (χ1n) is 8.33. The normalized spacial score (nSPS) is 11.1. The zero-order valence-electron chi connectivity index (χ0n) is 15.2. The smallest absolute Gasteiger partial charge is 0.298 e. The molecule has 3 aromatic carbocycles. The second kappa shape index (κ2) is 7.84. The maximum absolute atomic E-state index is 12.5. The number of methoxy groups -OCH3 is 1. The summed E-state index contributed by atoms with van der Waals surface area (Å²) in [6.45, 7) is 1.95. The molecule has 0 saturated heterocycles. The van der Waals surface area contributed by atoms with E-state index in [2.05, 4.69) is 0 Å². The monoisotopic (exact) mass is 398 g/mol. The number of benzene rings is 3. The van der Waals surface area contributed by atoms with Crippen molar-refractivity contribution in [3.8, 4) is 17.2 Å². The van der Waals surface area contributed by atoms with Crippen molar-refractivity contribution in [1.29, 1.82) is 0 Å². The van der Waals surface area contributed by atoms with Gasteiger partial charge in [0.2, 0.25) is 0 Å². The molecule has 0 unspecified atom stereocenters. The summed E-state index contributed by atoms with van der Waals surface area (Å²) in [4.78, 5) is 12.1. The van der Waals surface area contributed by atoms with Crippen molar-refractivity contribution in [2.24, 2.45) is 0 Å². The lowest BCUT2D eigenvalue weighted by molar-refractivity contribution is 0.103. The van der Waals surface area contributed by atoms with Crippen LogP contribution in [0.25, 0.3) is 0 Å². The predicted octanol–water partition coefficient (Wildman–Crippen LogP) is 4.27. The van der Waals surface area contributed by atoms with Crippen LogP contribution in [0.2, 0.25) is 0 Å². The van der Waals surface area contributed by atoms with Gasteiger partial charge in [-0.3, -0.25) is 9.35 Å². The van der Waals surface area contributed by atoms with Gasteiger partial charge in [-0.15, -0.1) is 0 Å². The summed E-state index contributed by atoms with van der Waals surface area (Å²) >= 11 is 0. The number of ketones is 1. The molecule has 0 spiro atoms. The van der Waals surface area contributed by atoms with Gasteiger partial charge in [0.15, 0.2) is 5.78 Å². The van der Waals surface area contributed by atoms with Gasteiger partial charge in [-0.1, -0.05) is 29.8 Å². The van der Waals surface area contributed by atoms with E-state index in [1.165, 1.54) is 25.3 Å². The van der Waals surface area contributed by atoms with E-state index in [9.17, 15) is 17.8 Å². The Morgan fingerprint density at radius 2 is 1.39 bits per heavy atom. The summed E-state index contributed by atoms with van der Waals surface area (Å²) in [6.07, 6.45) is 0. The van der Waals surface area contributed by atoms with Gasteiger partial charge < -0.3 is 9.47 Å². The molecule has 0 aliphatic carbocycles. The standard InChI is InChI=1S/C21H18O6S/c1-14-3-5-15(6-4-14)21(22)16-7-9-17(10-8-16)27-18-11-12-19(26-2)20(13-18)28(23,24)25/h3-13H,1-2H3,(H,23,24,25). The fourth-order valence-electron chi connectivity index (χ4n) is 2.60. The molecule has 28 heavy (non-hydrogen) atoms. The number of carbonyl (C=O) groups excluding carboxylic acids is 1. The van der Waals surface area contributed by atoms with E-state index in [4.69, 9.17) is 9.47 Å². The zero-order valence-corrected chi connectivity index (χ0v) is 16.1. The highest BCUT2D eigenvalue weighted by atomic mass is 32.2. The lowest BCUT2D eigenvalue weighted by Gasteiger charge is -2.10. The van der Waals surface area contributed by atoms with E-state index in [-0.39, 0.29) is 17.3 Å². The van der Waals surface area contributed by atoms with Gasteiger partial charge in [-0.25, -0.2) is 0 Å². The topological polar surface area (TPSA) is 89.9 Å². The fraction of sp³-hybridized carbons (Fsp3) is 0.0952. The Kier molecular flexibility index (Phi) is 5.48. The second-order valence-electron chi connectivity index (χ2n) is 6.11. The molecule has 144 valence electrons. The number of hydrogen-bond donors (Lipinski definition) is 1. The number of hydrogen-bond acceptors (Lipinski definition) is 5. The summed E-state index contributed by atoms with van der Waals surface area (Å²) in [5, 5.41) is 0. The highest BCUT2D eigenvalue weighted by Gasteiger charge is 2.18. The minimum absolute atomic E-state index is 0.00823. The van der Waals surface area contributed by atoms with Crippen LogP contribution in [0.15, 0.2) is 71.6 Å². The molecule has 7 heteroatoms. The molecule has 3 aromatic rings. The first kappa shape index (κ1) is 19.6. The van der Waals surface area contributed by atoms with Crippen molar-refractivity contribution >= 4 is 15.9 Å². The molecule has 0 bridgehead atoms. The van der Waals surface area contributed by atoms with E-state index in [0.717, 1.165) is 5.56 Å². The van der Waals surface area contributed by atoms with Crippen LogP contribution >= 0.6 is 0 Å². The molecule has 0 aliphatic rings. The molecule has 0 aliphatic heterocycles. The Hall–Kier alpha value is -3.16. The van der Waals surface area contributed by atoms with Crippen LogP contribution in [-0.2, 0) is 10.1 Å². The van der Waals surface area contributed by atoms with E-state index in [1.807, 2.05) is 19.1 Å². The second-order valence-corrected chi connectivity index (χ2v) is 7.50. The van der Waals surface area contributed by atoms with Gasteiger partial charge in [0.05, 0.1) is 7.11 Å². The Morgan fingerprint density at radius 3 is 1.93 bits per heavy atom. The fourth-order valence-corrected chi connectivity index (χ4v) is 3.27. The number of rotatable bonds is 6.